The predicted molar refractivity (Wildman–Crippen MR) is 506 cm³/mol. The number of aliphatic hydroxyl groups is 3. The zero-order valence-corrected chi connectivity index (χ0v) is 80.2. The third-order valence-corrected chi connectivity index (χ3v) is 28.6. The standard InChI is InChI=1S/C90H121ClN16O23S4/c1-12-94-87(123)102-61(36-52-22-14-13-15-23-52)80(116)100-64-45-133-134-46-65(101-85(121)75(51(6)109)103-78(114)59(26-18-19-33-92)96-81(117)62(40-55-43-95-58-25-17-16-24-57(55)58)98-79(115)60(97-82(64)118)37-53-28-30-56(110)31-29-53)83(119)104-74(50(5)108)84(120)99-63(77(93)113)44-132-131-34-32-71(111)106(8)49(4)86(122)129-70-41-72(112)107(9)66-38-54(39-67(126-10)73(66)91)35-47(2)21-20-27-69(127-11)90(125)42-68(128-88(124)105-90)48(3)76-89(70,7)130-76/h13-17,20-25,27-31,38-39,43,48-51,59-65,68-70,74-76,95,108-110,125H,12,18-19,26,32-37,40-42,44-46,92H2,1-11H3,(H2,93,113)(H,96,117)(H,97,118)(H,98,115)(H,99,120)(H,100,116)(H,101,121)(H,103,114)(H,104,119)(H,105,124)(H2,94,102,123)/b27-20+,47-21+/t48-,49+,50-,51-,59+,60+,61-,62-,63+,64+,65+,68+,69-,70+,74+,75+,76+,89+,90+/m1/s1. The minimum atomic E-state index is -1.97. The molecule has 1 aromatic heterocycles. The number of primary amides is 1. The second-order valence-corrected chi connectivity index (χ2v) is 39.1. The lowest BCUT2D eigenvalue weighted by molar-refractivity contribution is -0.162. The molecule has 39 nitrogen and oxygen atoms in total. The number of epoxide rings is 1. The number of aromatic hydroxyl groups is 1. The number of nitrogens with two attached hydrogens (primary N) is 2. The number of phenolic OH excluding ortho intramolecular Hbond substituents is 1. The molecule has 4 bridgehead atoms. The number of urea groups is 1. The molecule has 44 heteroatoms. The molecule has 0 saturated carbocycles. The summed E-state index contributed by atoms with van der Waals surface area (Å²) in [5.74, 6) is -13.1. The van der Waals surface area contributed by atoms with Gasteiger partial charge < -0.3 is 124 Å². The van der Waals surface area contributed by atoms with Gasteiger partial charge in [0.25, 0.3) is 0 Å². The fraction of sp³-hybridized carbons (Fsp3) is 0.511. The van der Waals surface area contributed by atoms with Crippen molar-refractivity contribution < 1.29 is 111 Å². The summed E-state index contributed by atoms with van der Waals surface area (Å²) in [6.45, 7) is 10.9. The highest BCUT2D eigenvalue weighted by atomic mass is 35.5. The summed E-state index contributed by atoms with van der Waals surface area (Å²) < 4.78 is 29.7. The molecule has 5 heterocycles. The number of nitrogens with one attached hydrogen (secondary N) is 12. The first-order valence-electron chi connectivity index (χ1n) is 43.7. The number of nitrogens with zero attached hydrogens (tertiary/aromatic N) is 2. The number of anilines is 1. The van der Waals surface area contributed by atoms with E-state index in [9.17, 15) is 73.2 Å². The molecular weight excluding hydrogens is 1840 g/mol. The van der Waals surface area contributed by atoms with Gasteiger partial charge in [0.15, 0.2) is 5.72 Å². The zero-order valence-electron chi connectivity index (χ0n) is 76.2. The normalized spacial score (nSPS) is 25.5. The number of unbranched alkanes of at least 4 members (excludes halogenated alkanes) is 1. The van der Waals surface area contributed by atoms with Crippen molar-refractivity contribution in [2.24, 2.45) is 17.4 Å². The number of aromatic nitrogens is 1. The molecule has 0 aliphatic carbocycles. The molecule has 9 rings (SSSR count). The first-order chi connectivity index (χ1) is 63.7. The van der Waals surface area contributed by atoms with Gasteiger partial charge in [-0.05, 0) is 126 Å². The number of halogens is 1. The number of amides is 14. The summed E-state index contributed by atoms with van der Waals surface area (Å²) in [7, 11) is 9.40. The molecule has 0 spiro atoms. The van der Waals surface area contributed by atoms with Crippen LogP contribution >= 0.6 is 54.8 Å². The summed E-state index contributed by atoms with van der Waals surface area (Å²) in [5, 5.41) is 74.5. The van der Waals surface area contributed by atoms with Gasteiger partial charge in [-0.3, -0.25) is 58.1 Å². The van der Waals surface area contributed by atoms with Crippen LogP contribution in [0.3, 0.4) is 0 Å². The Morgan fingerprint density at radius 2 is 1.47 bits per heavy atom. The minimum Gasteiger partial charge on any atom is -0.508 e. The first-order valence-corrected chi connectivity index (χ1v) is 49.1. The second kappa shape index (κ2) is 50.1. The fourth-order valence-corrected chi connectivity index (χ4v) is 20.2. The smallest absolute Gasteiger partial charge is 0.409 e. The van der Waals surface area contributed by atoms with Crippen molar-refractivity contribution in [3.05, 3.63) is 148 Å². The maximum absolute atomic E-state index is 15.3. The number of fused-ring (bicyclic) bond motifs is 6. The van der Waals surface area contributed by atoms with Crippen LogP contribution in [-0.2, 0) is 102 Å². The van der Waals surface area contributed by atoms with Crippen molar-refractivity contribution in [3.63, 3.8) is 0 Å². The number of para-hydroxylation sites is 1. The highest BCUT2D eigenvalue weighted by Gasteiger charge is 2.65. The zero-order chi connectivity index (χ0) is 98.0. The average molecular weight is 1960 g/mol. The Bertz CT molecular complexity index is 5060. The molecule has 0 unspecified atom stereocenters. The van der Waals surface area contributed by atoms with Crippen molar-refractivity contribution in [1.29, 1.82) is 0 Å². The molecule has 14 amide bonds. The number of H-pyrrole nitrogens is 1. The van der Waals surface area contributed by atoms with Gasteiger partial charge in [0.1, 0.15) is 101 Å². The molecule has 4 aromatic carbocycles. The monoisotopic (exact) mass is 1960 g/mol. The van der Waals surface area contributed by atoms with Gasteiger partial charge in [-0.2, -0.15) is 0 Å². The number of methoxy groups -OCH3 is 2. The van der Waals surface area contributed by atoms with E-state index < -0.39 is 215 Å². The van der Waals surface area contributed by atoms with Crippen LogP contribution < -0.4 is 79.6 Å². The topological polar surface area (TPSA) is 576 Å². The van der Waals surface area contributed by atoms with Crippen LogP contribution in [0.5, 0.6) is 11.5 Å². The number of ether oxygens (including phenoxy) is 5. The number of carbonyl (C=O) groups excluding carboxylic acids is 14. The van der Waals surface area contributed by atoms with Crippen molar-refractivity contribution in [2.45, 2.75) is 221 Å². The number of likely N-dealkylation sites (N-methyl/N-ethyl adjacent to an activating group) is 1. The minimum absolute atomic E-state index is 0.0384. The number of benzene rings is 4. The summed E-state index contributed by atoms with van der Waals surface area (Å²) >= 11 is 6.89. The molecule has 4 aliphatic heterocycles. The maximum atomic E-state index is 15.3. The highest BCUT2D eigenvalue weighted by molar-refractivity contribution is 8.77. The van der Waals surface area contributed by atoms with Gasteiger partial charge >= 0.3 is 18.1 Å². The third-order valence-electron chi connectivity index (χ3n) is 23.4. The quantitative estimate of drug-likeness (QED) is 0.0127. The van der Waals surface area contributed by atoms with Crippen LogP contribution in [0.2, 0.25) is 5.02 Å². The number of hydrogen-bond donors (Lipinski definition) is 18. The van der Waals surface area contributed by atoms with Crippen LogP contribution in [-0.4, -0.2) is 286 Å². The lowest BCUT2D eigenvalue weighted by Gasteiger charge is -2.42. The second-order valence-electron chi connectivity index (χ2n) is 33.5. The maximum Gasteiger partial charge on any atom is 0.409 e. The Labute approximate surface area is 796 Å². The molecule has 3 fully saturated rings. The number of aliphatic hydroxyl groups excluding tert-OH is 2. The van der Waals surface area contributed by atoms with Gasteiger partial charge in [0, 0.05) is 106 Å². The van der Waals surface area contributed by atoms with E-state index in [4.69, 9.17) is 46.8 Å². The Morgan fingerprint density at radius 1 is 0.799 bits per heavy atom. The van der Waals surface area contributed by atoms with Crippen molar-refractivity contribution in [3.8, 4) is 11.5 Å². The lowest BCUT2D eigenvalue weighted by atomic mass is 9.83. The van der Waals surface area contributed by atoms with E-state index in [0.717, 1.165) is 67.5 Å². The van der Waals surface area contributed by atoms with Gasteiger partial charge in [-0.15, -0.1) is 0 Å². The van der Waals surface area contributed by atoms with E-state index in [0.29, 0.717) is 46.0 Å². The number of carbonyl (C=O) groups is 14. The summed E-state index contributed by atoms with van der Waals surface area (Å²) in [6.07, 6.45) is -2.67. The number of aromatic amines is 1. The molecular formula is C90H121ClN16O23S4. The van der Waals surface area contributed by atoms with Crippen LogP contribution in [0.25, 0.3) is 10.9 Å². The summed E-state index contributed by atoms with van der Waals surface area (Å²) in [4.78, 5) is 208. The SMILES string of the molecule is CCNC(=O)N[C@H](Cc1ccccc1)C(=O)N[C@H]1CSSC[C@@H](C(=O)N[C@H](C(=O)N[C@@H](CSSCCC(=O)N(C)[C@@H](C)C(=O)O[C@H]2CC(=O)N(C)c3cc(cc(OC)c3Cl)C/C(C)=C/C=C/[C@@H](OC)[C@@]3(O)C[C@H](OC(=O)N3)[C@@H](C)[C@@H]3O[C@@]23C)C(N)=O)[C@@H](C)O)NC(=O)[C@H]([C@@H](C)O)NC(=O)[C@H](CCCCN)NC(=O)[C@@H](Cc2c[nH]c3ccccc23)NC(=O)[C@H](Cc2ccc(O)cc2)NC1=O. The number of allylic oxidation sites excluding steroid dienone is 3. The highest BCUT2D eigenvalue weighted by Crippen LogP contribution is 2.50. The van der Waals surface area contributed by atoms with Gasteiger partial charge in [-0.25, -0.2) is 14.4 Å². The van der Waals surface area contributed by atoms with Crippen LogP contribution in [0, 0.1) is 5.92 Å². The Kier molecular flexibility index (Phi) is 39.9. The third kappa shape index (κ3) is 29.6. The van der Waals surface area contributed by atoms with Crippen molar-refractivity contribution in [2.75, 3.05) is 69.3 Å². The molecule has 4 aliphatic rings. The molecule has 5 aromatic rings. The van der Waals surface area contributed by atoms with Crippen molar-refractivity contribution >= 4 is 154 Å². The number of alkyl carbamates (subject to hydrolysis) is 1. The number of esters is 1. The van der Waals surface area contributed by atoms with Crippen LogP contribution in [0.1, 0.15) is 109 Å². The van der Waals surface area contributed by atoms with Gasteiger partial charge in [-0.1, -0.05) is 146 Å². The number of hydrogen-bond acceptors (Lipinski definition) is 28. The molecule has 730 valence electrons. The van der Waals surface area contributed by atoms with E-state index in [-0.39, 0.29) is 91.8 Å². The molecule has 19 atom stereocenters. The average Bonchev–Trinajstić information content (AvgIpc) is 1.57. The Morgan fingerprint density at radius 3 is 2.14 bits per heavy atom. The fourth-order valence-electron chi connectivity index (χ4n) is 15.4. The molecule has 3 saturated heterocycles. The summed E-state index contributed by atoms with van der Waals surface area (Å²) in [6, 6.07) is 8.08. The first kappa shape index (κ1) is 107. The Balaban J connectivity index is 0.916. The van der Waals surface area contributed by atoms with Gasteiger partial charge in [0.2, 0.25) is 65.0 Å². The van der Waals surface area contributed by atoms with E-state index in [1.165, 1.54) is 64.4 Å². The number of phenols is 1. The van der Waals surface area contributed by atoms with E-state index in [1.807, 2.05) is 6.92 Å². The summed E-state index contributed by atoms with van der Waals surface area (Å²) in [5.41, 5.74) is 12.4. The Hall–Kier alpha value is -10.9. The molecule has 20 N–H and O–H groups in total. The van der Waals surface area contributed by atoms with Gasteiger partial charge in [0.05, 0.1) is 37.5 Å². The van der Waals surface area contributed by atoms with Crippen molar-refractivity contribution in [1.82, 2.24) is 68.4 Å². The lowest BCUT2D eigenvalue weighted by Crippen LogP contribution is -2.63. The van der Waals surface area contributed by atoms with Crippen LogP contribution in [0.4, 0.5) is 15.3 Å². The largest absolute Gasteiger partial charge is 0.508 e. The van der Waals surface area contributed by atoms with E-state index >= 15 is 14.4 Å². The van der Waals surface area contributed by atoms with E-state index in [1.54, 1.807) is 112 Å². The van der Waals surface area contributed by atoms with Crippen LogP contribution in [0.15, 0.2) is 121 Å². The molecule has 134 heavy (non-hydrogen) atoms. The molecule has 0 radical (unpaired) electrons. The van der Waals surface area contributed by atoms with E-state index in [2.05, 4.69) is 63.5 Å². The predicted octanol–water partition coefficient (Wildman–Crippen LogP) is 2.54. The number of rotatable bonds is 32.